The highest BCUT2D eigenvalue weighted by molar-refractivity contribution is 7.09. The van der Waals surface area contributed by atoms with Crippen molar-refractivity contribution in [1.82, 2.24) is 15.6 Å². The quantitative estimate of drug-likeness (QED) is 0.453. The van der Waals surface area contributed by atoms with Crippen molar-refractivity contribution >= 4 is 22.9 Å². The Bertz CT molecular complexity index is 1030. The molecular weight excluding hydrogens is 444 g/mol. The first kappa shape index (κ1) is 24.2. The highest BCUT2D eigenvalue weighted by atomic mass is 32.1. The zero-order valence-electron chi connectivity index (χ0n) is 20.0. The van der Waals surface area contributed by atoms with E-state index < -0.39 is 0 Å². The van der Waals surface area contributed by atoms with E-state index in [1.807, 2.05) is 35.8 Å². The number of rotatable bonds is 10. The molecule has 1 saturated heterocycles. The van der Waals surface area contributed by atoms with Crippen LogP contribution in [0.3, 0.4) is 0 Å². The molecular formula is C27H34N4O2S. The Hall–Kier alpha value is -2.90. The zero-order chi connectivity index (χ0) is 23.8. The van der Waals surface area contributed by atoms with E-state index in [2.05, 4.69) is 51.7 Å². The van der Waals surface area contributed by atoms with Crippen molar-refractivity contribution in [2.24, 2.45) is 0 Å². The van der Waals surface area contributed by atoms with Crippen LogP contribution in [0.4, 0.5) is 5.69 Å². The molecule has 2 N–H and O–H groups in total. The summed E-state index contributed by atoms with van der Waals surface area (Å²) in [6.07, 6.45) is 5.25. The number of benzene rings is 2. The Morgan fingerprint density at radius 1 is 1.18 bits per heavy atom. The Morgan fingerprint density at radius 2 is 1.94 bits per heavy atom. The van der Waals surface area contributed by atoms with Gasteiger partial charge >= 0.3 is 0 Å². The van der Waals surface area contributed by atoms with Gasteiger partial charge in [-0.25, -0.2) is 4.98 Å². The molecule has 0 aliphatic carbocycles. The second-order valence-electron chi connectivity index (χ2n) is 8.78. The summed E-state index contributed by atoms with van der Waals surface area (Å²) >= 11 is 1.71. The van der Waals surface area contributed by atoms with Gasteiger partial charge in [-0.2, -0.15) is 0 Å². The largest absolute Gasteiger partial charge is 0.496 e. The molecule has 0 saturated carbocycles. The Balaban J connectivity index is 1.19. The third kappa shape index (κ3) is 6.58. The minimum Gasteiger partial charge on any atom is -0.496 e. The van der Waals surface area contributed by atoms with Crippen LogP contribution < -0.4 is 20.3 Å². The molecule has 1 aliphatic rings. The van der Waals surface area contributed by atoms with Gasteiger partial charge in [-0.3, -0.25) is 4.79 Å². The fraction of sp³-hybridized carbons (Fsp3) is 0.407. The number of nitrogens with one attached hydrogen (secondary N) is 2. The van der Waals surface area contributed by atoms with Crippen molar-refractivity contribution in [2.75, 3.05) is 31.6 Å². The lowest BCUT2D eigenvalue weighted by Gasteiger charge is -2.35. The lowest BCUT2D eigenvalue weighted by Crippen LogP contribution is -2.43. The molecule has 2 heterocycles. The molecule has 1 amide bonds. The van der Waals surface area contributed by atoms with E-state index in [1.54, 1.807) is 18.4 Å². The number of hydrogen-bond acceptors (Lipinski definition) is 6. The number of thiazole rings is 1. The maximum absolute atomic E-state index is 12.4. The van der Waals surface area contributed by atoms with Crippen LogP contribution in [0.2, 0.25) is 0 Å². The van der Waals surface area contributed by atoms with E-state index in [1.165, 1.54) is 5.69 Å². The van der Waals surface area contributed by atoms with Crippen molar-refractivity contribution in [3.8, 4) is 5.75 Å². The number of para-hydroxylation sites is 1. The first-order valence-electron chi connectivity index (χ1n) is 12.0. The number of carbonyl (C=O) groups is 1. The lowest BCUT2D eigenvalue weighted by atomic mass is 10.0. The molecule has 1 atom stereocenters. The standard InChI is InChI=1S/C27H34N4O2S/c1-20(27-29-15-18-34-27)30-23-12-16-31(17-13-23)24-9-7-21(8-10-24)19-26(32)28-14-11-22-5-3-4-6-25(22)33-2/h3-10,15,18,20,23,30H,11-14,16-17,19H2,1-2H3,(H,28,32)/t20-/m0/s1. The number of nitrogens with zero attached hydrogens (tertiary/aromatic N) is 2. The van der Waals surface area contributed by atoms with Crippen LogP contribution in [0.15, 0.2) is 60.1 Å². The molecule has 0 radical (unpaired) electrons. The van der Waals surface area contributed by atoms with E-state index in [0.29, 0.717) is 25.0 Å². The smallest absolute Gasteiger partial charge is 0.224 e. The topological polar surface area (TPSA) is 66.5 Å². The molecule has 6 nitrogen and oxygen atoms in total. The maximum atomic E-state index is 12.4. The highest BCUT2D eigenvalue weighted by Gasteiger charge is 2.22. The summed E-state index contributed by atoms with van der Waals surface area (Å²) < 4.78 is 5.38. The SMILES string of the molecule is COc1ccccc1CCNC(=O)Cc1ccc(N2CCC(N[C@@H](C)c3nccs3)CC2)cc1. The molecule has 0 bridgehead atoms. The summed E-state index contributed by atoms with van der Waals surface area (Å²) in [5, 5.41) is 9.94. The fourth-order valence-electron chi connectivity index (χ4n) is 4.50. The normalized spacial score (nSPS) is 15.2. The average molecular weight is 479 g/mol. The van der Waals surface area contributed by atoms with Gasteiger partial charge in [-0.15, -0.1) is 11.3 Å². The summed E-state index contributed by atoms with van der Waals surface area (Å²) in [7, 11) is 1.67. The fourth-order valence-corrected chi connectivity index (χ4v) is 5.15. The first-order valence-corrected chi connectivity index (χ1v) is 12.9. The van der Waals surface area contributed by atoms with Crippen LogP contribution in [0, 0.1) is 0 Å². The van der Waals surface area contributed by atoms with Gasteiger partial charge in [0.1, 0.15) is 10.8 Å². The number of piperidine rings is 1. The number of aromatic nitrogens is 1. The summed E-state index contributed by atoms with van der Waals surface area (Å²) in [6, 6.07) is 17.2. The number of amides is 1. The van der Waals surface area contributed by atoms with E-state index in [-0.39, 0.29) is 5.91 Å². The van der Waals surface area contributed by atoms with Crippen LogP contribution in [0.1, 0.15) is 41.9 Å². The molecule has 0 spiro atoms. The summed E-state index contributed by atoms with van der Waals surface area (Å²) in [4.78, 5) is 19.2. The molecule has 0 unspecified atom stereocenters. The molecule has 34 heavy (non-hydrogen) atoms. The van der Waals surface area contributed by atoms with E-state index >= 15 is 0 Å². The number of ether oxygens (including phenoxy) is 1. The minimum absolute atomic E-state index is 0.0453. The molecule has 3 aromatic rings. The number of carbonyl (C=O) groups excluding carboxylic acids is 1. The Morgan fingerprint density at radius 3 is 2.65 bits per heavy atom. The third-order valence-electron chi connectivity index (χ3n) is 6.38. The molecule has 2 aromatic carbocycles. The summed E-state index contributed by atoms with van der Waals surface area (Å²) in [6.45, 7) is 4.86. The second-order valence-corrected chi connectivity index (χ2v) is 9.70. The predicted octanol–water partition coefficient (Wildman–Crippen LogP) is 4.37. The van der Waals surface area contributed by atoms with Crippen LogP contribution >= 0.6 is 11.3 Å². The number of anilines is 1. The van der Waals surface area contributed by atoms with E-state index in [4.69, 9.17) is 4.74 Å². The molecule has 1 aliphatic heterocycles. The maximum Gasteiger partial charge on any atom is 0.224 e. The summed E-state index contributed by atoms with van der Waals surface area (Å²) in [5.74, 6) is 0.907. The summed E-state index contributed by atoms with van der Waals surface area (Å²) in [5.41, 5.74) is 3.37. The zero-order valence-corrected chi connectivity index (χ0v) is 20.8. The van der Waals surface area contributed by atoms with Gasteiger partial charge in [0, 0.05) is 42.9 Å². The molecule has 7 heteroatoms. The van der Waals surface area contributed by atoms with Gasteiger partial charge < -0.3 is 20.3 Å². The second kappa shape index (κ2) is 12.0. The Labute approximate surface area is 206 Å². The van der Waals surface area contributed by atoms with Crippen LogP contribution in [-0.2, 0) is 17.6 Å². The highest BCUT2D eigenvalue weighted by Crippen LogP contribution is 2.23. The number of methoxy groups -OCH3 is 1. The van der Waals surface area contributed by atoms with Crippen molar-refractivity contribution in [3.05, 3.63) is 76.2 Å². The van der Waals surface area contributed by atoms with Crippen LogP contribution in [-0.4, -0.2) is 43.7 Å². The third-order valence-corrected chi connectivity index (χ3v) is 7.34. The van der Waals surface area contributed by atoms with Gasteiger partial charge in [-0.1, -0.05) is 30.3 Å². The van der Waals surface area contributed by atoms with Gasteiger partial charge in [0.25, 0.3) is 0 Å². The van der Waals surface area contributed by atoms with Crippen LogP contribution in [0.5, 0.6) is 5.75 Å². The van der Waals surface area contributed by atoms with Crippen molar-refractivity contribution in [3.63, 3.8) is 0 Å². The Kier molecular flexibility index (Phi) is 8.55. The number of hydrogen-bond donors (Lipinski definition) is 2. The van der Waals surface area contributed by atoms with Gasteiger partial charge in [0.15, 0.2) is 0 Å². The lowest BCUT2D eigenvalue weighted by molar-refractivity contribution is -0.120. The minimum atomic E-state index is 0.0453. The van der Waals surface area contributed by atoms with Gasteiger partial charge in [-0.05, 0) is 55.5 Å². The molecule has 180 valence electrons. The van der Waals surface area contributed by atoms with Gasteiger partial charge in [0.05, 0.1) is 19.6 Å². The van der Waals surface area contributed by atoms with E-state index in [0.717, 1.165) is 54.2 Å². The average Bonchev–Trinajstić information content (AvgIpc) is 3.41. The first-order chi connectivity index (χ1) is 16.6. The monoisotopic (exact) mass is 478 g/mol. The van der Waals surface area contributed by atoms with Crippen molar-refractivity contribution in [1.29, 1.82) is 0 Å². The van der Waals surface area contributed by atoms with Crippen molar-refractivity contribution < 1.29 is 9.53 Å². The predicted molar refractivity (Wildman–Crippen MR) is 139 cm³/mol. The van der Waals surface area contributed by atoms with Gasteiger partial charge in [0.2, 0.25) is 5.91 Å². The van der Waals surface area contributed by atoms with Crippen molar-refractivity contribution in [2.45, 2.75) is 44.7 Å². The molecule has 1 fully saturated rings. The van der Waals surface area contributed by atoms with E-state index in [9.17, 15) is 4.79 Å². The molecule has 1 aromatic heterocycles. The molecule has 4 rings (SSSR count). The van der Waals surface area contributed by atoms with Crippen LogP contribution in [0.25, 0.3) is 0 Å².